The Morgan fingerprint density at radius 3 is 2.58 bits per heavy atom. The number of ketones is 1. The summed E-state index contributed by atoms with van der Waals surface area (Å²) in [5.74, 6) is 0.146. The predicted octanol–water partition coefficient (Wildman–Crippen LogP) is 3.57. The average molecular weight is 465 g/mol. The zero-order valence-electron chi connectivity index (χ0n) is 19.0. The second kappa shape index (κ2) is 7.96. The van der Waals surface area contributed by atoms with Crippen LogP contribution in [0.25, 0.3) is 0 Å². The van der Waals surface area contributed by atoms with E-state index >= 15 is 0 Å². The minimum Gasteiger partial charge on any atom is -0.486 e. The highest BCUT2D eigenvalue weighted by Gasteiger charge is 2.49. The molecule has 2 heterocycles. The molecule has 3 aliphatic rings. The summed E-state index contributed by atoms with van der Waals surface area (Å²) in [4.78, 5) is 15.9. The number of hydrogen-bond acceptors (Lipinski definition) is 6. The minimum absolute atomic E-state index is 0.0323. The van der Waals surface area contributed by atoms with E-state index < -0.39 is 15.4 Å². The standard InChI is InChI=1S/C26H28N2O4S/c1-17-25(29)23-15-22(33(2,30)31)7-8-24(23)32-26(17)9-11-28(12-10-26)21-6-5-19-13-18(16-27)3-4-20(19)14-21/h3-4,7-8,13,15,17,21H,5-6,9-12,14H2,1-2H3. The Morgan fingerprint density at radius 2 is 1.88 bits per heavy atom. The van der Waals surface area contributed by atoms with E-state index in [-0.39, 0.29) is 16.6 Å². The maximum Gasteiger partial charge on any atom is 0.175 e. The number of sulfone groups is 1. The summed E-state index contributed by atoms with van der Waals surface area (Å²) in [6, 6.07) is 13.3. The largest absolute Gasteiger partial charge is 0.486 e. The quantitative estimate of drug-likeness (QED) is 0.675. The lowest BCUT2D eigenvalue weighted by Crippen LogP contribution is -2.57. The first-order valence-corrected chi connectivity index (χ1v) is 13.4. The van der Waals surface area contributed by atoms with Gasteiger partial charge in [-0.05, 0) is 60.7 Å². The number of nitriles is 1. The van der Waals surface area contributed by atoms with Gasteiger partial charge in [-0.2, -0.15) is 5.26 Å². The van der Waals surface area contributed by atoms with Gasteiger partial charge in [0.25, 0.3) is 0 Å². The number of nitrogens with zero attached hydrogens (tertiary/aromatic N) is 2. The van der Waals surface area contributed by atoms with Crippen LogP contribution in [0, 0.1) is 17.2 Å². The smallest absolute Gasteiger partial charge is 0.175 e. The molecule has 0 amide bonds. The normalized spacial score (nSPS) is 24.5. The van der Waals surface area contributed by atoms with Gasteiger partial charge in [0.05, 0.1) is 28.0 Å². The van der Waals surface area contributed by atoms with Crippen LogP contribution in [0.5, 0.6) is 5.75 Å². The van der Waals surface area contributed by atoms with Crippen LogP contribution in [-0.2, 0) is 22.7 Å². The van der Waals surface area contributed by atoms with Crippen molar-refractivity contribution in [3.63, 3.8) is 0 Å². The molecule has 5 rings (SSSR count). The zero-order valence-corrected chi connectivity index (χ0v) is 19.8. The summed E-state index contributed by atoms with van der Waals surface area (Å²) >= 11 is 0. The van der Waals surface area contributed by atoms with E-state index in [0.29, 0.717) is 17.4 Å². The van der Waals surface area contributed by atoms with E-state index in [4.69, 9.17) is 10.00 Å². The molecule has 33 heavy (non-hydrogen) atoms. The number of Topliss-reactive ketones (excluding diaryl/α,β-unsaturated/α-hetero) is 1. The Balaban J connectivity index is 1.31. The summed E-state index contributed by atoms with van der Waals surface area (Å²) in [7, 11) is -3.39. The van der Waals surface area contributed by atoms with Crippen molar-refractivity contribution in [2.75, 3.05) is 19.3 Å². The van der Waals surface area contributed by atoms with Crippen molar-refractivity contribution in [3.05, 3.63) is 58.7 Å². The Hall–Kier alpha value is -2.69. The highest BCUT2D eigenvalue weighted by Crippen LogP contribution is 2.44. The summed E-state index contributed by atoms with van der Waals surface area (Å²) < 4.78 is 30.3. The zero-order chi connectivity index (χ0) is 23.4. The second-order valence-corrected chi connectivity index (χ2v) is 11.7. The van der Waals surface area contributed by atoms with E-state index in [1.807, 2.05) is 19.1 Å². The highest BCUT2D eigenvalue weighted by molar-refractivity contribution is 7.90. The van der Waals surface area contributed by atoms with Gasteiger partial charge >= 0.3 is 0 Å². The van der Waals surface area contributed by atoms with Gasteiger partial charge in [-0.1, -0.05) is 13.0 Å². The first kappa shape index (κ1) is 22.1. The van der Waals surface area contributed by atoms with E-state index in [1.165, 1.54) is 23.3 Å². The number of fused-ring (bicyclic) bond motifs is 2. The fourth-order valence-electron chi connectivity index (χ4n) is 5.72. The van der Waals surface area contributed by atoms with E-state index in [0.717, 1.165) is 57.0 Å². The van der Waals surface area contributed by atoms with Crippen molar-refractivity contribution in [2.24, 2.45) is 5.92 Å². The molecule has 7 heteroatoms. The molecule has 0 N–H and O–H groups in total. The van der Waals surface area contributed by atoms with E-state index in [1.54, 1.807) is 6.07 Å². The molecule has 2 aliphatic heterocycles. The number of likely N-dealkylation sites (tertiary alicyclic amines) is 1. The fraction of sp³-hybridized carbons (Fsp3) is 0.462. The molecule has 0 radical (unpaired) electrons. The molecule has 2 atom stereocenters. The molecule has 6 nitrogen and oxygen atoms in total. The van der Waals surface area contributed by atoms with Gasteiger partial charge in [0.15, 0.2) is 15.6 Å². The molecule has 0 aromatic heterocycles. The van der Waals surface area contributed by atoms with Crippen molar-refractivity contribution < 1.29 is 17.9 Å². The van der Waals surface area contributed by atoms with Crippen LogP contribution < -0.4 is 4.74 Å². The Bertz CT molecular complexity index is 1270. The van der Waals surface area contributed by atoms with Crippen molar-refractivity contribution in [2.45, 2.75) is 55.6 Å². The Kier molecular flexibility index (Phi) is 5.34. The minimum atomic E-state index is -3.39. The lowest BCUT2D eigenvalue weighted by molar-refractivity contribution is -0.0476. The molecule has 0 bridgehead atoms. The third kappa shape index (κ3) is 3.85. The molecule has 1 fully saturated rings. The van der Waals surface area contributed by atoms with Gasteiger partial charge in [0.1, 0.15) is 11.4 Å². The van der Waals surface area contributed by atoms with Crippen molar-refractivity contribution >= 4 is 15.6 Å². The maximum absolute atomic E-state index is 13.2. The van der Waals surface area contributed by atoms with Gasteiger partial charge in [-0.15, -0.1) is 0 Å². The van der Waals surface area contributed by atoms with Gasteiger partial charge in [0, 0.05) is 38.2 Å². The summed E-state index contributed by atoms with van der Waals surface area (Å²) in [5, 5.41) is 9.15. The summed E-state index contributed by atoms with van der Waals surface area (Å²) in [6.45, 7) is 3.65. The summed E-state index contributed by atoms with van der Waals surface area (Å²) in [5.41, 5.74) is 3.18. The molecule has 2 unspecified atom stereocenters. The van der Waals surface area contributed by atoms with Crippen LogP contribution in [0.4, 0.5) is 0 Å². The third-order valence-electron chi connectivity index (χ3n) is 7.84. The van der Waals surface area contributed by atoms with Gasteiger partial charge in [0.2, 0.25) is 0 Å². The van der Waals surface area contributed by atoms with Crippen molar-refractivity contribution in [1.82, 2.24) is 4.90 Å². The number of rotatable bonds is 2. The topological polar surface area (TPSA) is 87.5 Å². The average Bonchev–Trinajstić information content (AvgIpc) is 2.81. The molecule has 1 aliphatic carbocycles. The Labute approximate surface area is 195 Å². The first-order valence-electron chi connectivity index (χ1n) is 11.5. The molecule has 2 aromatic carbocycles. The van der Waals surface area contributed by atoms with Crippen LogP contribution in [0.3, 0.4) is 0 Å². The lowest BCUT2D eigenvalue weighted by Gasteiger charge is -2.49. The van der Waals surface area contributed by atoms with Gasteiger partial charge in [-0.3, -0.25) is 9.69 Å². The summed E-state index contributed by atoms with van der Waals surface area (Å²) in [6.07, 6.45) is 5.73. The number of carbonyl (C=O) groups excluding carboxylic acids is 1. The van der Waals surface area contributed by atoms with Crippen LogP contribution in [0.1, 0.15) is 53.2 Å². The monoisotopic (exact) mass is 464 g/mol. The molecule has 1 spiro atoms. The van der Waals surface area contributed by atoms with Crippen LogP contribution in [0.2, 0.25) is 0 Å². The molecule has 1 saturated heterocycles. The maximum atomic E-state index is 13.2. The number of aryl methyl sites for hydroxylation is 1. The van der Waals surface area contributed by atoms with Crippen LogP contribution >= 0.6 is 0 Å². The SMILES string of the molecule is CC1C(=O)c2cc(S(C)(=O)=O)ccc2OC12CCN(C1CCc3cc(C#N)ccc3C1)CC2. The third-order valence-corrected chi connectivity index (χ3v) is 8.95. The number of carbonyl (C=O) groups is 1. The molecule has 172 valence electrons. The first-order chi connectivity index (χ1) is 15.7. The van der Waals surface area contributed by atoms with E-state index in [2.05, 4.69) is 17.0 Å². The molecular formula is C26H28N2O4S. The second-order valence-electron chi connectivity index (χ2n) is 9.71. The number of benzene rings is 2. The molecule has 0 saturated carbocycles. The molecule has 2 aromatic rings. The fourth-order valence-corrected chi connectivity index (χ4v) is 6.37. The van der Waals surface area contributed by atoms with Gasteiger partial charge in [-0.25, -0.2) is 8.42 Å². The highest BCUT2D eigenvalue weighted by atomic mass is 32.2. The van der Waals surface area contributed by atoms with Crippen LogP contribution in [-0.4, -0.2) is 50.1 Å². The Morgan fingerprint density at radius 1 is 1.12 bits per heavy atom. The van der Waals surface area contributed by atoms with Crippen LogP contribution in [0.15, 0.2) is 41.3 Å². The number of piperidine rings is 1. The lowest BCUT2D eigenvalue weighted by atomic mass is 9.74. The molecular weight excluding hydrogens is 436 g/mol. The van der Waals surface area contributed by atoms with Crippen molar-refractivity contribution in [3.8, 4) is 11.8 Å². The van der Waals surface area contributed by atoms with Gasteiger partial charge < -0.3 is 4.74 Å². The number of ether oxygens (including phenoxy) is 1. The van der Waals surface area contributed by atoms with Crippen molar-refractivity contribution in [1.29, 1.82) is 5.26 Å². The number of hydrogen-bond donors (Lipinski definition) is 0. The van der Waals surface area contributed by atoms with E-state index in [9.17, 15) is 13.2 Å². The predicted molar refractivity (Wildman–Crippen MR) is 124 cm³/mol.